The molecule has 2 aliphatic rings. The van der Waals surface area contributed by atoms with Crippen LogP contribution in [0, 0.1) is 0 Å². The minimum atomic E-state index is -0.662. The number of thiazole rings is 1. The Morgan fingerprint density at radius 1 is 1.20 bits per heavy atom. The molecule has 0 bridgehead atoms. The van der Waals surface area contributed by atoms with Crippen molar-refractivity contribution in [2.75, 3.05) is 24.6 Å². The number of rotatable bonds is 5. The first-order chi connectivity index (χ1) is 17.0. The standard InChI is InChI=1S/C26H26ClN3O4S/c1-3-33-25(32)22-16(2)28-26-30(23(22)17-7-9-18(27)10-8-17)24(31)20(35-26)15-19-11-12-21(34-19)29-13-5-4-6-14-29/h7-12,15,23H,3-6,13-14H2,1-2H3. The zero-order valence-corrected chi connectivity index (χ0v) is 21.2. The summed E-state index contributed by atoms with van der Waals surface area (Å²) in [5.41, 5.74) is 1.39. The molecule has 0 saturated carbocycles. The van der Waals surface area contributed by atoms with Gasteiger partial charge in [0.05, 0.1) is 28.5 Å². The van der Waals surface area contributed by atoms with E-state index in [4.69, 9.17) is 20.8 Å². The average Bonchev–Trinajstić information content (AvgIpc) is 3.44. The van der Waals surface area contributed by atoms with E-state index in [1.165, 1.54) is 17.8 Å². The summed E-state index contributed by atoms with van der Waals surface area (Å²) in [6.45, 7) is 5.70. The van der Waals surface area contributed by atoms with Crippen LogP contribution in [-0.4, -0.2) is 30.2 Å². The summed E-state index contributed by atoms with van der Waals surface area (Å²) in [5, 5.41) is 0.571. The quantitative estimate of drug-likeness (QED) is 0.483. The fourth-order valence-electron chi connectivity index (χ4n) is 4.59. The molecular weight excluding hydrogens is 486 g/mol. The smallest absolute Gasteiger partial charge is 0.338 e. The monoisotopic (exact) mass is 511 g/mol. The van der Waals surface area contributed by atoms with Crippen LogP contribution in [0.3, 0.4) is 0 Å². The lowest BCUT2D eigenvalue weighted by atomic mass is 9.96. The number of hydrogen-bond donors (Lipinski definition) is 0. The van der Waals surface area contributed by atoms with E-state index in [-0.39, 0.29) is 12.2 Å². The lowest BCUT2D eigenvalue weighted by Gasteiger charge is -2.25. The second kappa shape index (κ2) is 9.87. The van der Waals surface area contributed by atoms with Gasteiger partial charge in [0.2, 0.25) is 0 Å². The predicted octanol–water partition coefficient (Wildman–Crippen LogP) is 4.04. The maximum atomic E-state index is 13.6. The Morgan fingerprint density at radius 2 is 1.94 bits per heavy atom. The van der Waals surface area contributed by atoms with Crippen molar-refractivity contribution < 1.29 is 13.9 Å². The molecule has 2 aliphatic heterocycles. The second-order valence-corrected chi connectivity index (χ2v) is 10.0. The highest BCUT2D eigenvalue weighted by molar-refractivity contribution is 7.07. The number of aromatic nitrogens is 1. The van der Waals surface area contributed by atoms with Gasteiger partial charge in [-0.15, -0.1) is 0 Å². The normalized spacial score (nSPS) is 18.4. The van der Waals surface area contributed by atoms with Gasteiger partial charge in [-0.1, -0.05) is 35.1 Å². The number of halogens is 1. The van der Waals surface area contributed by atoms with Gasteiger partial charge in [0.15, 0.2) is 10.7 Å². The van der Waals surface area contributed by atoms with Gasteiger partial charge in [-0.25, -0.2) is 9.79 Å². The Morgan fingerprint density at radius 3 is 2.66 bits per heavy atom. The number of piperidine rings is 1. The highest BCUT2D eigenvalue weighted by Crippen LogP contribution is 2.31. The Balaban J connectivity index is 1.60. The van der Waals surface area contributed by atoms with Gasteiger partial charge >= 0.3 is 5.97 Å². The van der Waals surface area contributed by atoms with E-state index in [1.54, 1.807) is 36.6 Å². The number of hydrogen-bond acceptors (Lipinski definition) is 7. The van der Waals surface area contributed by atoms with Crippen LogP contribution in [0.4, 0.5) is 5.88 Å². The lowest BCUT2D eigenvalue weighted by Crippen LogP contribution is -2.39. The first-order valence-electron chi connectivity index (χ1n) is 11.8. The number of carbonyl (C=O) groups is 1. The van der Waals surface area contributed by atoms with Crippen LogP contribution in [0.25, 0.3) is 6.08 Å². The average molecular weight is 512 g/mol. The highest BCUT2D eigenvalue weighted by atomic mass is 35.5. The number of anilines is 1. The predicted molar refractivity (Wildman–Crippen MR) is 137 cm³/mol. The number of nitrogens with zero attached hydrogens (tertiary/aromatic N) is 3. The molecule has 1 unspecified atom stereocenters. The van der Waals surface area contributed by atoms with Crippen LogP contribution >= 0.6 is 22.9 Å². The fraction of sp³-hybridized carbons (Fsp3) is 0.346. The number of allylic oxidation sites excluding steroid dienone is 1. The maximum Gasteiger partial charge on any atom is 0.338 e. The highest BCUT2D eigenvalue weighted by Gasteiger charge is 2.33. The minimum Gasteiger partial charge on any atom is -0.463 e. The van der Waals surface area contributed by atoms with Crippen molar-refractivity contribution in [1.29, 1.82) is 0 Å². The number of benzene rings is 1. The van der Waals surface area contributed by atoms with Gasteiger partial charge in [0.1, 0.15) is 5.76 Å². The summed E-state index contributed by atoms with van der Waals surface area (Å²) in [5.74, 6) is 0.948. The van der Waals surface area contributed by atoms with Crippen molar-refractivity contribution in [2.45, 2.75) is 39.2 Å². The third-order valence-corrected chi connectivity index (χ3v) is 7.49. The summed E-state index contributed by atoms with van der Waals surface area (Å²) < 4.78 is 13.4. The largest absolute Gasteiger partial charge is 0.463 e. The van der Waals surface area contributed by atoms with Gasteiger partial charge in [0, 0.05) is 30.3 Å². The van der Waals surface area contributed by atoms with Crippen LogP contribution in [-0.2, 0) is 9.53 Å². The molecular formula is C26H26ClN3O4S. The zero-order valence-electron chi connectivity index (χ0n) is 19.6. The van der Waals surface area contributed by atoms with E-state index in [0.29, 0.717) is 31.4 Å². The molecule has 1 fully saturated rings. The molecule has 1 aromatic carbocycles. The molecule has 1 saturated heterocycles. The Labute approximate surface area is 211 Å². The van der Waals surface area contributed by atoms with Crippen molar-refractivity contribution in [3.63, 3.8) is 0 Å². The van der Waals surface area contributed by atoms with Crippen molar-refractivity contribution in [3.8, 4) is 0 Å². The van der Waals surface area contributed by atoms with Crippen molar-refractivity contribution in [2.24, 2.45) is 4.99 Å². The molecule has 182 valence electrons. The van der Waals surface area contributed by atoms with Crippen molar-refractivity contribution in [3.05, 3.63) is 83.7 Å². The Hall–Kier alpha value is -3.10. The second-order valence-electron chi connectivity index (χ2n) is 8.58. The SMILES string of the molecule is CCOC(=O)C1=C(C)N=c2sc(=Cc3ccc(N4CCCCC4)o3)c(=O)n2C1c1ccc(Cl)cc1. The molecule has 3 aromatic rings. The number of ether oxygens (including phenoxy) is 1. The summed E-state index contributed by atoms with van der Waals surface area (Å²) in [4.78, 5) is 33.9. The molecule has 0 radical (unpaired) electrons. The topological polar surface area (TPSA) is 77.0 Å². The summed E-state index contributed by atoms with van der Waals surface area (Å²) in [7, 11) is 0. The first kappa shape index (κ1) is 23.6. The maximum absolute atomic E-state index is 13.6. The lowest BCUT2D eigenvalue weighted by molar-refractivity contribution is -0.139. The van der Waals surface area contributed by atoms with Crippen molar-refractivity contribution >= 4 is 40.9 Å². The van der Waals surface area contributed by atoms with Gasteiger partial charge in [-0.05, 0) is 56.9 Å². The minimum absolute atomic E-state index is 0.227. The van der Waals surface area contributed by atoms with Gasteiger partial charge < -0.3 is 14.1 Å². The Kier molecular flexibility index (Phi) is 6.67. The first-order valence-corrected chi connectivity index (χ1v) is 13.0. The third kappa shape index (κ3) is 4.60. The Bertz CT molecular complexity index is 1460. The molecule has 0 amide bonds. The molecule has 7 nitrogen and oxygen atoms in total. The van der Waals surface area contributed by atoms with Crippen LogP contribution in [0.1, 0.15) is 50.5 Å². The van der Waals surface area contributed by atoms with E-state index in [2.05, 4.69) is 9.89 Å². The number of carbonyl (C=O) groups excluding carboxylic acids is 1. The summed E-state index contributed by atoms with van der Waals surface area (Å²) in [6.07, 6.45) is 5.30. The molecule has 5 rings (SSSR count). The molecule has 2 aromatic heterocycles. The van der Waals surface area contributed by atoms with E-state index >= 15 is 0 Å². The van der Waals surface area contributed by atoms with E-state index in [9.17, 15) is 9.59 Å². The van der Waals surface area contributed by atoms with Crippen LogP contribution < -0.4 is 19.8 Å². The van der Waals surface area contributed by atoms with E-state index in [1.807, 2.05) is 24.3 Å². The molecule has 4 heterocycles. The molecule has 0 N–H and O–H groups in total. The molecule has 0 spiro atoms. The molecule has 9 heteroatoms. The molecule has 0 aliphatic carbocycles. The number of furan rings is 1. The number of esters is 1. The summed E-state index contributed by atoms with van der Waals surface area (Å²) >= 11 is 7.38. The summed E-state index contributed by atoms with van der Waals surface area (Å²) in [6, 6.07) is 10.3. The van der Waals surface area contributed by atoms with E-state index in [0.717, 1.165) is 37.4 Å². The fourth-order valence-corrected chi connectivity index (χ4v) is 5.74. The van der Waals surface area contributed by atoms with Crippen LogP contribution in [0.15, 0.2) is 61.9 Å². The molecule has 35 heavy (non-hydrogen) atoms. The van der Waals surface area contributed by atoms with Crippen LogP contribution in [0.2, 0.25) is 5.02 Å². The zero-order chi connectivity index (χ0) is 24.5. The van der Waals surface area contributed by atoms with Crippen molar-refractivity contribution in [1.82, 2.24) is 4.57 Å². The van der Waals surface area contributed by atoms with Gasteiger partial charge in [-0.3, -0.25) is 9.36 Å². The van der Waals surface area contributed by atoms with Gasteiger partial charge in [0.25, 0.3) is 5.56 Å². The molecule has 1 atom stereocenters. The van der Waals surface area contributed by atoms with E-state index < -0.39 is 12.0 Å². The third-order valence-electron chi connectivity index (χ3n) is 6.26. The van der Waals surface area contributed by atoms with Crippen LogP contribution in [0.5, 0.6) is 0 Å². The number of fused-ring (bicyclic) bond motifs is 1. The van der Waals surface area contributed by atoms with Gasteiger partial charge in [-0.2, -0.15) is 0 Å².